The van der Waals surface area contributed by atoms with Crippen molar-refractivity contribution >= 4 is 12.0 Å². The van der Waals surface area contributed by atoms with Crippen LogP contribution in [-0.4, -0.2) is 34.7 Å². The maximum absolute atomic E-state index is 9.13. The molecule has 0 heterocycles. The van der Waals surface area contributed by atoms with Crippen molar-refractivity contribution in [2.24, 2.45) is 4.99 Å². The van der Waals surface area contributed by atoms with Crippen LogP contribution in [0.1, 0.15) is 24.0 Å². The number of aliphatic imine (C=N–C) groups is 1. The average Bonchev–Trinajstić information content (AvgIpc) is 3.20. The molecule has 0 aliphatic heterocycles. The number of rotatable bonds is 5. The van der Waals surface area contributed by atoms with Gasteiger partial charge in [0.2, 0.25) is 0 Å². The van der Waals surface area contributed by atoms with Crippen molar-refractivity contribution in [3.8, 4) is 5.75 Å². The van der Waals surface area contributed by atoms with Gasteiger partial charge in [0.15, 0.2) is 5.75 Å². The van der Waals surface area contributed by atoms with E-state index in [1.165, 1.54) is 12.8 Å². The van der Waals surface area contributed by atoms with Crippen LogP contribution in [0.3, 0.4) is 0 Å². The Labute approximate surface area is 106 Å². The standard InChI is InChI=1S/C13H18N2O3/c1-9-5-10(7-16)13(18-17)6-12(9)14-8-15(2)11-3-4-11/h5-6,8,11,16-17H,3-4,7H2,1-2H3/b14-8+. The van der Waals surface area contributed by atoms with Crippen LogP contribution in [0.4, 0.5) is 5.69 Å². The molecule has 1 aliphatic rings. The molecule has 0 atom stereocenters. The number of hydrogen-bond donors (Lipinski definition) is 2. The highest BCUT2D eigenvalue weighted by Gasteiger charge is 2.24. The summed E-state index contributed by atoms with van der Waals surface area (Å²) < 4.78 is 0. The third kappa shape index (κ3) is 2.80. The summed E-state index contributed by atoms with van der Waals surface area (Å²) in [5.74, 6) is 0.240. The zero-order valence-corrected chi connectivity index (χ0v) is 10.6. The average molecular weight is 250 g/mol. The second kappa shape index (κ2) is 5.37. The van der Waals surface area contributed by atoms with Gasteiger partial charge in [0.1, 0.15) is 0 Å². The highest BCUT2D eigenvalue weighted by atomic mass is 17.1. The van der Waals surface area contributed by atoms with E-state index < -0.39 is 0 Å². The minimum absolute atomic E-state index is 0.178. The van der Waals surface area contributed by atoms with Gasteiger partial charge in [0.05, 0.1) is 18.6 Å². The number of aliphatic hydroxyl groups is 1. The topological polar surface area (TPSA) is 65.3 Å². The summed E-state index contributed by atoms with van der Waals surface area (Å²) in [6.45, 7) is 1.73. The molecule has 0 spiro atoms. The molecule has 1 saturated carbocycles. The molecular formula is C13H18N2O3. The molecule has 0 aromatic heterocycles. The van der Waals surface area contributed by atoms with E-state index in [0.717, 1.165) is 11.3 Å². The first kappa shape index (κ1) is 12.9. The highest BCUT2D eigenvalue weighted by Crippen LogP contribution is 2.29. The van der Waals surface area contributed by atoms with E-state index in [1.54, 1.807) is 18.5 Å². The third-order valence-electron chi connectivity index (χ3n) is 3.15. The molecule has 1 aromatic rings. The Balaban J connectivity index is 2.21. The van der Waals surface area contributed by atoms with Crippen LogP contribution in [0.25, 0.3) is 0 Å². The Bertz CT molecular complexity index is 456. The normalized spacial score (nSPS) is 15.1. The van der Waals surface area contributed by atoms with Crippen LogP contribution >= 0.6 is 0 Å². The Morgan fingerprint density at radius 1 is 1.50 bits per heavy atom. The Morgan fingerprint density at radius 3 is 2.78 bits per heavy atom. The summed E-state index contributed by atoms with van der Waals surface area (Å²) >= 11 is 0. The maximum atomic E-state index is 9.13. The van der Waals surface area contributed by atoms with Crippen molar-refractivity contribution < 1.29 is 15.3 Å². The minimum Gasteiger partial charge on any atom is -0.392 e. The summed E-state index contributed by atoms with van der Waals surface area (Å²) in [6.07, 6.45) is 4.23. The Morgan fingerprint density at radius 2 is 2.22 bits per heavy atom. The zero-order chi connectivity index (χ0) is 13.1. The summed E-state index contributed by atoms with van der Waals surface area (Å²) in [5.41, 5.74) is 2.20. The Kier molecular flexibility index (Phi) is 3.84. The van der Waals surface area contributed by atoms with Crippen molar-refractivity contribution in [1.29, 1.82) is 0 Å². The van der Waals surface area contributed by atoms with Crippen molar-refractivity contribution in [2.45, 2.75) is 32.4 Å². The van der Waals surface area contributed by atoms with Gasteiger partial charge >= 0.3 is 0 Å². The zero-order valence-electron chi connectivity index (χ0n) is 10.6. The minimum atomic E-state index is -0.178. The number of nitrogens with zero attached hydrogens (tertiary/aromatic N) is 2. The molecule has 1 aliphatic carbocycles. The first-order valence-electron chi connectivity index (χ1n) is 5.97. The Hall–Kier alpha value is -1.59. The van der Waals surface area contributed by atoms with Crippen LogP contribution < -0.4 is 4.89 Å². The summed E-state index contributed by atoms with van der Waals surface area (Å²) in [4.78, 5) is 10.7. The predicted octanol–water partition coefficient (Wildman–Crippen LogP) is 2.09. The summed E-state index contributed by atoms with van der Waals surface area (Å²) in [7, 11) is 2.00. The SMILES string of the molecule is Cc1cc(CO)c(OO)cc1/N=C/N(C)C1CC1. The van der Waals surface area contributed by atoms with E-state index in [9.17, 15) is 0 Å². The van der Waals surface area contributed by atoms with E-state index >= 15 is 0 Å². The van der Waals surface area contributed by atoms with Crippen molar-refractivity contribution in [3.05, 3.63) is 23.3 Å². The predicted molar refractivity (Wildman–Crippen MR) is 69.3 cm³/mol. The highest BCUT2D eigenvalue weighted by molar-refractivity contribution is 5.65. The molecule has 1 aromatic carbocycles. The monoisotopic (exact) mass is 250 g/mol. The fourth-order valence-electron chi connectivity index (χ4n) is 1.81. The second-order valence-electron chi connectivity index (χ2n) is 4.64. The first-order chi connectivity index (χ1) is 8.65. The second-order valence-corrected chi connectivity index (χ2v) is 4.64. The molecule has 0 unspecified atom stereocenters. The lowest BCUT2D eigenvalue weighted by atomic mass is 10.1. The summed E-state index contributed by atoms with van der Waals surface area (Å²) in [6, 6.07) is 3.99. The van der Waals surface area contributed by atoms with Gasteiger partial charge in [-0.1, -0.05) is 0 Å². The maximum Gasteiger partial charge on any atom is 0.172 e. The van der Waals surface area contributed by atoms with Gasteiger partial charge in [-0.15, -0.1) is 0 Å². The first-order valence-corrected chi connectivity index (χ1v) is 5.97. The largest absolute Gasteiger partial charge is 0.392 e. The molecule has 0 bridgehead atoms. The van der Waals surface area contributed by atoms with Crippen molar-refractivity contribution in [3.63, 3.8) is 0 Å². The molecule has 1 fully saturated rings. The summed E-state index contributed by atoms with van der Waals surface area (Å²) in [5, 5.41) is 17.9. The van der Waals surface area contributed by atoms with Gasteiger partial charge in [-0.25, -0.2) is 10.2 Å². The van der Waals surface area contributed by atoms with Gasteiger partial charge in [0, 0.05) is 24.7 Å². The van der Waals surface area contributed by atoms with Crippen LogP contribution in [0.2, 0.25) is 0 Å². The number of aryl methyl sites for hydroxylation is 1. The van der Waals surface area contributed by atoms with E-state index in [1.807, 2.05) is 14.0 Å². The quantitative estimate of drug-likeness (QED) is 0.363. The number of hydrogen-bond acceptors (Lipinski definition) is 4. The molecule has 0 amide bonds. The molecule has 0 saturated heterocycles. The van der Waals surface area contributed by atoms with E-state index in [4.69, 9.17) is 10.4 Å². The lowest BCUT2D eigenvalue weighted by Crippen LogP contribution is -2.17. The van der Waals surface area contributed by atoms with E-state index in [2.05, 4.69) is 14.8 Å². The van der Waals surface area contributed by atoms with Gasteiger partial charge < -0.3 is 14.9 Å². The van der Waals surface area contributed by atoms with E-state index in [-0.39, 0.29) is 12.4 Å². The smallest absolute Gasteiger partial charge is 0.172 e. The number of aliphatic hydroxyl groups excluding tert-OH is 1. The molecule has 18 heavy (non-hydrogen) atoms. The van der Waals surface area contributed by atoms with E-state index in [0.29, 0.717) is 11.6 Å². The van der Waals surface area contributed by atoms with Gasteiger partial charge in [-0.05, 0) is 31.4 Å². The lowest BCUT2D eigenvalue weighted by Gasteiger charge is -2.12. The fraction of sp³-hybridized carbons (Fsp3) is 0.462. The lowest BCUT2D eigenvalue weighted by molar-refractivity contribution is -0.138. The van der Waals surface area contributed by atoms with Crippen LogP contribution in [0.15, 0.2) is 17.1 Å². The van der Waals surface area contributed by atoms with Gasteiger partial charge in [-0.2, -0.15) is 0 Å². The van der Waals surface area contributed by atoms with Crippen LogP contribution in [0.5, 0.6) is 5.75 Å². The van der Waals surface area contributed by atoms with Crippen LogP contribution in [0, 0.1) is 6.92 Å². The fourth-order valence-corrected chi connectivity index (χ4v) is 1.81. The molecular weight excluding hydrogens is 232 g/mol. The van der Waals surface area contributed by atoms with Gasteiger partial charge in [0.25, 0.3) is 0 Å². The van der Waals surface area contributed by atoms with Crippen molar-refractivity contribution in [2.75, 3.05) is 7.05 Å². The van der Waals surface area contributed by atoms with Crippen molar-refractivity contribution in [1.82, 2.24) is 4.90 Å². The molecule has 2 rings (SSSR count). The number of benzene rings is 1. The molecule has 98 valence electrons. The molecule has 5 heteroatoms. The van der Waals surface area contributed by atoms with Gasteiger partial charge in [-0.3, -0.25) is 0 Å². The van der Waals surface area contributed by atoms with Crippen LogP contribution in [-0.2, 0) is 6.61 Å². The molecule has 2 N–H and O–H groups in total. The molecule has 0 radical (unpaired) electrons. The third-order valence-corrected chi connectivity index (χ3v) is 3.15. The molecule has 5 nitrogen and oxygen atoms in total.